The average Bonchev–Trinajstić information content (AvgIpc) is 2.76. The number of thiophene rings is 1. The molecule has 17 heavy (non-hydrogen) atoms. The van der Waals surface area contributed by atoms with E-state index in [9.17, 15) is 8.42 Å². The summed E-state index contributed by atoms with van der Waals surface area (Å²) in [5.74, 6) is 0.809. The van der Waals surface area contributed by atoms with Crippen molar-refractivity contribution in [3.63, 3.8) is 0 Å². The fourth-order valence-corrected chi connectivity index (χ4v) is 5.91. The van der Waals surface area contributed by atoms with Gasteiger partial charge in [0.05, 0.1) is 3.79 Å². The zero-order valence-corrected chi connectivity index (χ0v) is 13.1. The third kappa shape index (κ3) is 3.04. The largest absolute Gasteiger partial charge is 0.252 e. The van der Waals surface area contributed by atoms with Crippen molar-refractivity contribution in [2.24, 2.45) is 5.92 Å². The second kappa shape index (κ2) is 5.57. The fourth-order valence-electron chi connectivity index (χ4n) is 1.93. The van der Waals surface area contributed by atoms with Crippen LogP contribution in [0.3, 0.4) is 0 Å². The number of piperidine rings is 1. The van der Waals surface area contributed by atoms with E-state index >= 15 is 0 Å². The molecule has 7 heteroatoms. The average molecular weight is 359 g/mol. The highest BCUT2D eigenvalue weighted by molar-refractivity contribution is 9.11. The number of halogens is 2. The molecule has 0 aromatic carbocycles. The molecule has 1 atom stereocenters. The van der Waals surface area contributed by atoms with Gasteiger partial charge in [0.25, 0.3) is 10.0 Å². The van der Waals surface area contributed by atoms with Crippen molar-refractivity contribution < 1.29 is 8.42 Å². The van der Waals surface area contributed by atoms with Gasteiger partial charge in [0, 0.05) is 19.0 Å². The van der Waals surface area contributed by atoms with Gasteiger partial charge in [0.2, 0.25) is 0 Å². The summed E-state index contributed by atoms with van der Waals surface area (Å²) in [6, 6.07) is 3.41. The molecule has 1 aliphatic heterocycles. The van der Waals surface area contributed by atoms with Gasteiger partial charge in [-0.05, 0) is 46.8 Å². The Morgan fingerprint density at radius 2 is 2.29 bits per heavy atom. The highest BCUT2D eigenvalue weighted by Crippen LogP contribution is 2.30. The minimum atomic E-state index is -3.32. The van der Waals surface area contributed by atoms with Gasteiger partial charge in [-0.3, -0.25) is 0 Å². The number of sulfonamides is 1. The summed E-state index contributed by atoms with van der Waals surface area (Å²) in [4.78, 5) is 0. The molecule has 2 rings (SSSR count). The van der Waals surface area contributed by atoms with E-state index in [2.05, 4.69) is 15.9 Å². The van der Waals surface area contributed by atoms with Crippen molar-refractivity contribution in [2.75, 3.05) is 19.0 Å². The van der Waals surface area contributed by atoms with Crippen LogP contribution in [0, 0.1) is 5.92 Å². The Hall–Kier alpha value is 0.380. The highest BCUT2D eigenvalue weighted by Gasteiger charge is 2.30. The van der Waals surface area contributed by atoms with Gasteiger partial charge in [-0.1, -0.05) is 0 Å². The summed E-state index contributed by atoms with van der Waals surface area (Å²) in [5, 5.41) is 0. The molecule has 1 fully saturated rings. The standard InChI is InChI=1S/C10H13BrClNO2S2/c11-9-3-4-10(16-9)17(14,15)13-5-1-2-8(6-12)7-13/h3-4,8H,1-2,5-7H2. The molecular weight excluding hydrogens is 346 g/mol. The maximum absolute atomic E-state index is 12.3. The van der Waals surface area contributed by atoms with Crippen LogP contribution in [-0.4, -0.2) is 31.7 Å². The van der Waals surface area contributed by atoms with Gasteiger partial charge >= 0.3 is 0 Å². The van der Waals surface area contributed by atoms with Crippen LogP contribution in [-0.2, 0) is 10.0 Å². The molecule has 1 aromatic rings. The Bertz CT molecular complexity index is 488. The smallest absolute Gasteiger partial charge is 0.206 e. The quantitative estimate of drug-likeness (QED) is 0.778. The molecule has 0 amide bonds. The van der Waals surface area contributed by atoms with Crippen molar-refractivity contribution in [1.82, 2.24) is 4.31 Å². The van der Waals surface area contributed by atoms with E-state index in [1.54, 1.807) is 16.4 Å². The van der Waals surface area contributed by atoms with Crippen LogP contribution < -0.4 is 0 Å². The molecule has 1 saturated heterocycles. The van der Waals surface area contributed by atoms with Gasteiger partial charge in [-0.15, -0.1) is 22.9 Å². The second-order valence-electron chi connectivity index (χ2n) is 4.08. The van der Waals surface area contributed by atoms with Crippen molar-refractivity contribution in [3.8, 4) is 0 Å². The molecule has 0 spiro atoms. The van der Waals surface area contributed by atoms with E-state index in [1.807, 2.05) is 0 Å². The second-order valence-corrected chi connectivity index (χ2v) is 9.02. The van der Waals surface area contributed by atoms with Crippen molar-refractivity contribution in [1.29, 1.82) is 0 Å². The van der Waals surface area contributed by atoms with Crippen LogP contribution in [0.1, 0.15) is 12.8 Å². The minimum absolute atomic E-state index is 0.281. The summed E-state index contributed by atoms with van der Waals surface area (Å²) in [6.45, 7) is 1.15. The van der Waals surface area contributed by atoms with Crippen LogP contribution in [0.5, 0.6) is 0 Å². The molecule has 0 radical (unpaired) electrons. The minimum Gasteiger partial charge on any atom is -0.206 e. The summed E-state index contributed by atoms with van der Waals surface area (Å²) in [7, 11) is -3.32. The lowest BCUT2D eigenvalue weighted by Gasteiger charge is -2.30. The molecule has 0 bridgehead atoms. The topological polar surface area (TPSA) is 37.4 Å². The van der Waals surface area contributed by atoms with E-state index < -0.39 is 10.0 Å². The third-order valence-electron chi connectivity index (χ3n) is 2.84. The van der Waals surface area contributed by atoms with Crippen molar-refractivity contribution in [3.05, 3.63) is 15.9 Å². The first-order chi connectivity index (χ1) is 8.04. The van der Waals surface area contributed by atoms with Crippen molar-refractivity contribution in [2.45, 2.75) is 17.1 Å². The Balaban J connectivity index is 2.21. The van der Waals surface area contributed by atoms with E-state index in [0.717, 1.165) is 16.6 Å². The SMILES string of the molecule is O=S(=O)(c1ccc(Br)s1)N1CCCC(CCl)C1. The summed E-state index contributed by atoms with van der Waals surface area (Å²) in [5.41, 5.74) is 0. The lowest BCUT2D eigenvalue weighted by Crippen LogP contribution is -2.40. The molecule has 0 N–H and O–H groups in total. The molecule has 96 valence electrons. The molecule has 1 aromatic heterocycles. The molecule has 1 aliphatic rings. The lowest BCUT2D eigenvalue weighted by molar-refractivity contribution is 0.284. The first-order valence-electron chi connectivity index (χ1n) is 5.35. The zero-order valence-electron chi connectivity index (χ0n) is 9.10. The van der Waals surface area contributed by atoms with Crippen LogP contribution >= 0.6 is 38.9 Å². The Kier molecular flexibility index (Phi) is 4.52. The normalized spacial score (nSPS) is 22.8. The number of hydrogen-bond donors (Lipinski definition) is 0. The first kappa shape index (κ1) is 13.8. The van der Waals surface area contributed by atoms with Gasteiger partial charge in [-0.2, -0.15) is 4.31 Å². The predicted octanol–water partition coefficient (Wildman–Crippen LogP) is 3.15. The molecule has 2 heterocycles. The number of alkyl halides is 1. The third-order valence-corrected chi connectivity index (χ3v) is 7.24. The van der Waals surface area contributed by atoms with Gasteiger partial charge < -0.3 is 0 Å². The molecule has 1 unspecified atom stereocenters. The van der Waals surface area contributed by atoms with E-state index in [-0.39, 0.29) is 5.92 Å². The van der Waals surface area contributed by atoms with Gasteiger partial charge in [0.15, 0.2) is 0 Å². The highest BCUT2D eigenvalue weighted by atomic mass is 79.9. The summed E-state index contributed by atoms with van der Waals surface area (Å²) in [6.07, 6.45) is 1.91. The van der Waals surface area contributed by atoms with E-state index in [0.29, 0.717) is 23.2 Å². The molecule has 0 saturated carbocycles. The van der Waals surface area contributed by atoms with Crippen LogP contribution in [0.2, 0.25) is 0 Å². The molecule has 3 nitrogen and oxygen atoms in total. The summed E-state index contributed by atoms with van der Waals surface area (Å²) < 4.78 is 27.5. The van der Waals surface area contributed by atoms with Crippen molar-refractivity contribution >= 4 is 48.9 Å². The Labute approximate surface area is 119 Å². The molecule has 0 aliphatic carbocycles. The summed E-state index contributed by atoms with van der Waals surface area (Å²) >= 11 is 10.4. The zero-order chi connectivity index (χ0) is 12.5. The number of nitrogens with zero attached hydrogens (tertiary/aromatic N) is 1. The predicted molar refractivity (Wildman–Crippen MR) is 74.2 cm³/mol. The van der Waals surface area contributed by atoms with Gasteiger partial charge in [-0.25, -0.2) is 8.42 Å². The fraction of sp³-hybridized carbons (Fsp3) is 0.600. The van der Waals surface area contributed by atoms with Crippen LogP contribution in [0.25, 0.3) is 0 Å². The number of rotatable bonds is 3. The first-order valence-corrected chi connectivity index (χ1v) is 8.94. The lowest BCUT2D eigenvalue weighted by atomic mass is 10.0. The van der Waals surface area contributed by atoms with Gasteiger partial charge in [0.1, 0.15) is 4.21 Å². The Morgan fingerprint density at radius 3 is 2.88 bits per heavy atom. The maximum Gasteiger partial charge on any atom is 0.252 e. The molecular formula is C10H13BrClNO2S2. The van der Waals surface area contributed by atoms with E-state index in [1.165, 1.54) is 11.3 Å². The maximum atomic E-state index is 12.3. The van der Waals surface area contributed by atoms with E-state index in [4.69, 9.17) is 11.6 Å². The monoisotopic (exact) mass is 357 g/mol. The van der Waals surface area contributed by atoms with Crippen LogP contribution in [0.4, 0.5) is 0 Å². The Morgan fingerprint density at radius 1 is 1.53 bits per heavy atom. The van der Waals surface area contributed by atoms with Crippen LogP contribution in [0.15, 0.2) is 20.1 Å². The number of hydrogen-bond acceptors (Lipinski definition) is 3.